The summed E-state index contributed by atoms with van der Waals surface area (Å²) in [7, 11) is -5.22. The Kier molecular flexibility index (Phi) is 42.8. The lowest BCUT2D eigenvalue weighted by atomic mass is 9.64. The molecule has 2 rings (SSSR count). The predicted molar refractivity (Wildman–Crippen MR) is 368 cm³/mol. The summed E-state index contributed by atoms with van der Waals surface area (Å²) in [5, 5.41) is 26.6. The zero-order valence-electron chi connectivity index (χ0n) is 58.4. The molecule has 0 radical (unpaired) electrons. The second-order valence-electron chi connectivity index (χ2n) is 29.7. The van der Waals surface area contributed by atoms with Crippen molar-refractivity contribution in [1.29, 1.82) is 0 Å². The summed E-state index contributed by atoms with van der Waals surface area (Å²) in [6, 6.07) is 9.47. The van der Waals surface area contributed by atoms with Crippen molar-refractivity contribution in [2.75, 3.05) is 26.4 Å². The summed E-state index contributed by atoms with van der Waals surface area (Å²) in [6.07, 6.45) is 46.6. The second-order valence-corrected chi connectivity index (χ2v) is 31.4. The average Bonchev–Trinajstić information content (AvgIpc) is 0.758. The van der Waals surface area contributed by atoms with Gasteiger partial charge in [0, 0.05) is 0 Å². The van der Waals surface area contributed by atoms with Crippen LogP contribution in [0.1, 0.15) is 374 Å². The first-order valence-electron chi connectivity index (χ1n) is 35.0. The molecule has 2 aromatic carbocycles. The van der Waals surface area contributed by atoms with E-state index in [4.69, 9.17) is 29.0 Å². The van der Waals surface area contributed by atoms with Crippen molar-refractivity contribution in [2.45, 2.75) is 375 Å². The maximum Gasteiger partial charge on any atom is 0.334 e. The third kappa shape index (κ3) is 35.4. The van der Waals surface area contributed by atoms with E-state index in [-0.39, 0.29) is 28.3 Å². The molecule has 498 valence electrons. The Bertz CT molecular complexity index is 1780. The molecule has 0 spiro atoms. The van der Waals surface area contributed by atoms with E-state index in [2.05, 4.69) is 139 Å². The van der Waals surface area contributed by atoms with Crippen LogP contribution in [0.5, 0.6) is 0 Å². The number of hydrogen-bond donors (Lipinski definition) is 6. The molecule has 0 fully saturated rings. The van der Waals surface area contributed by atoms with Crippen LogP contribution in [-0.2, 0) is 53.9 Å². The first-order chi connectivity index (χ1) is 40.0. The number of aryl methyl sites for hydroxylation is 2. The molecule has 0 saturated heterocycles. The molecule has 9 nitrogen and oxygen atoms in total. The maximum atomic E-state index is 14.3. The minimum atomic E-state index is -2.61. The molecule has 11 heteroatoms. The molecule has 2 aromatic rings. The molecule has 0 aromatic heterocycles. The van der Waals surface area contributed by atoms with Crippen LogP contribution in [0.4, 0.5) is 0 Å². The SMILES string of the molecule is CCCCCCCCCCCCCCCCCCC(O)(CCCCCCCCCCCCCCCCCC)COCCOCC(O)(c1c(C(C)(C)C)cc(CC)cc1C(C)(C)C)c1c(C(C)(C)C)cc(CC)cc1C(C)(C)C.OP(O)OP(O)O. The van der Waals surface area contributed by atoms with Gasteiger partial charge in [-0.2, -0.15) is 0 Å². The lowest BCUT2D eigenvalue weighted by molar-refractivity contribution is -0.0812. The van der Waals surface area contributed by atoms with Crippen LogP contribution in [0.25, 0.3) is 0 Å². The Balaban J connectivity index is 0.00000483. The summed E-state index contributed by atoms with van der Waals surface area (Å²) in [4.78, 5) is 31.3. The van der Waals surface area contributed by atoms with Gasteiger partial charge >= 0.3 is 17.2 Å². The third-order valence-electron chi connectivity index (χ3n) is 17.5. The molecule has 0 aliphatic rings. The van der Waals surface area contributed by atoms with E-state index in [1.807, 2.05) is 0 Å². The molecule has 0 aliphatic carbocycles. The maximum absolute atomic E-state index is 14.3. The highest BCUT2D eigenvalue weighted by Gasteiger charge is 2.46. The van der Waals surface area contributed by atoms with E-state index >= 15 is 0 Å². The zero-order chi connectivity index (χ0) is 64.0. The van der Waals surface area contributed by atoms with E-state index < -0.39 is 28.4 Å². The third-order valence-corrected chi connectivity index (χ3v) is 18.6. The van der Waals surface area contributed by atoms with Gasteiger partial charge in [0.15, 0.2) is 0 Å². The van der Waals surface area contributed by atoms with Gasteiger partial charge < -0.3 is 39.3 Å². The Morgan fingerprint density at radius 2 is 0.553 bits per heavy atom. The minimum absolute atomic E-state index is 0.105. The monoisotopic (exact) mass is 1230 g/mol. The van der Waals surface area contributed by atoms with Crippen molar-refractivity contribution in [1.82, 2.24) is 0 Å². The molecule has 0 saturated carbocycles. The predicted octanol–water partition coefficient (Wildman–Crippen LogP) is 21.7. The first kappa shape index (κ1) is 82.0. The van der Waals surface area contributed by atoms with E-state index in [9.17, 15) is 10.2 Å². The largest absolute Gasteiger partial charge is 0.387 e. The molecule has 0 heterocycles. The summed E-state index contributed by atoms with van der Waals surface area (Å²) < 4.78 is 16.9. The lowest BCUT2D eigenvalue weighted by Gasteiger charge is -2.44. The molecule has 0 unspecified atom stereocenters. The smallest absolute Gasteiger partial charge is 0.334 e. The minimum Gasteiger partial charge on any atom is -0.387 e. The van der Waals surface area contributed by atoms with E-state index in [0.717, 1.165) is 49.7 Å². The number of unbranched alkanes of at least 4 members (excludes halogenated alkanes) is 30. The lowest BCUT2D eigenvalue weighted by Crippen LogP contribution is -2.43. The summed E-state index contributed by atoms with van der Waals surface area (Å²) in [5.41, 5.74) is 6.05. The summed E-state index contributed by atoms with van der Waals surface area (Å²) in [5.74, 6) is 0. The quantitative estimate of drug-likeness (QED) is 0.0281. The van der Waals surface area contributed by atoms with Gasteiger partial charge in [0.2, 0.25) is 0 Å². The fourth-order valence-corrected chi connectivity index (χ4v) is 12.8. The van der Waals surface area contributed by atoms with Gasteiger partial charge in [0.1, 0.15) is 5.60 Å². The van der Waals surface area contributed by atoms with Crippen molar-refractivity contribution in [2.24, 2.45) is 0 Å². The van der Waals surface area contributed by atoms with Gasteiger partial charge in [0.05, 0.1) is 32.0 Å². The molecular weight excluding hydrogens is 1090 g/mol. The number of benzene rings is 2. The molecule has 0 bridgehead atoms. The van der Waals surface area contributed by atoms with E-state index in [1.165, 1.54) is 226 Å². The average molecular weight is 1230 g/mol. The van der Waals surface area contributed by atoms with Gasteiger partial charge in [-0.1, -0.05) is 341 Å². The van der Waals surface area contributed by atoms with Crippen molar-refractivity contribution in [3.05, 3.63) is 68.8 Å². The second kappa shape index (κ2) is 44.4. The van der Waals surface area contributed by atoms with Gasteiger partial charge in [-0.05, 0) is 91.9 Å². The van der Waals surface area contributed by atoms with Crippen LogP contribution in [0.15, 0.2) is 24.3 Å². The van der Waals surface area contributed by atoms with Crippen LogP contribution < -0.4 is 0 Å². The van der Waals surface area contributed by atoms with E-state index in [0.29, 0.717) is 19.8 Å². The van der Waals surface area contributed by atoms with Crippen molar-refractivity contribution < 1.29 is 43.6 Å². The highest BCUT2D eigenvalue weighted by atomic mass is 31.2. The van der Waals surface area contributed by atoms with Crippen LogP contribution in [0.3, 0.4) is 0 Å². The molecule has 0 aliphatic heterocycles. The van der Waals surface area contributed by atoms with Gasteiger partial charge in [-0.25, -0.2) is 4.31 Å². The molecule has 85 heavy (non-hydrogen) atoms. The normalized spacial score (nSPS) is 12.9. The van der Waals surface area contributed by atoms with Crippen molar-refractivity contribution in [3.63, 3.8) is 0 Å². The Hall–Kier alpha value is -1.06. The Morgan fingerprint density at radius 1 is 0.329 bits per heavy atom. The van der Waals surface area contributed by atoms with Crippen molar-refractivity contribution >= 4 is 17.2 Å². The standard InChI is InChI=1S/C74H134O4.H4O5P2/c1-17-21-23-25-27-29-31-33-35-37-39-41-43-45-47-49-51-73(75,52-50-48-46-44-42-40-38-36-34-32-30-28-26-24-22-18-2)59-77-53-54-78-60-74(76,67-63(69(5,6)7)55-61(19-3)56-64(67)70(8,9)10)68-65(71(11,12)13)57-62(20-4)58-66(68)72(14,15)16;1-6(2)5-7(3)4/h55-58,75-76H,17-54,59-60H2,1-16H3;1-4H. The van der Waals surface area contributed by atoms with Gasteiger partial charge in [0.25, 0.3) is 0 Å². The fourth-order valence-electron chi connectivity index (χ4n) is 12.3. The number of aliphatic hydroxyl groups is 2. The molecule has 0 atom stereocenters. The van der Waals surface area contributed by atoms with Crippen LogP contribution in [-0.4, -0.2) is 61.8 Å². The van der Waals surface area contributed by atoms with Gasteiger partial charge in [-0.15, -0.1) is 0 Å². The first-order valence-corrected chi connectivity index (χ1v) is 37.4. The topological polar surface area (TPSA) is 149 Å². The fraction of sp³-hybridized carbons (Fsp3) is 0.838. The Labute approximate surface area is 528 Å². The van der Waals surface area contributed by atoms with Crippen LogP contribution in [0, 0.1) is 0 Å². The highest BCUT2D eigenvalue weighted by Crippen LogP contribution is 2.50. The summed E-state index contributed by atoms with van der Waals surface area (Å²) in [6.45, 7) is 37.8. The van der Waals surface area contributed by atoms with Crippen LogP contribution >= 0.6 is 17.2 Å². The zero-order valence-corrected chi connectivity index (χ0v) is 60.2. The molecular formula is C74H138O9P2. The van der Waals surface area contributed by atoms with Crippen LogP contribution in [0.2, 0.25) is 0 Å². The summed E-state index contributed by atoms with van der Waals surface area (Å²) >= 11 is 0. The Morgan fingerprint density at radius 3 is 0.753 bits per heavy atom. The highest BCUT2D eigenvalue weighted by molar-refractivity contribution is 7.53. The number of hydrogen-bond acceptors (Lipinski definition) is 9. The van der Waals surface area contributed by atoms with Crippen molar-refractivity contribution in [3.8, 4) is 0 Å². The van der Waals surface area contributed by atoms with Gasteiger partial charge in [-0.3, -0.25) is 0 Å². The number of rotatable bonds is 47. The molecule has 6 N–H and O–H groups in total. The van der Waals surface area contributed by atoms with E-state index in [1.54, 1.807) is 0 Å². The number of ether oxygens (including phenoxy) is 2. The molecule has 0 amide bonds.